The molecule has 2 amide bonds. The lowest BCUT2D eigenvalue weighted by atomic mass is 10.1. The molecule has 0 aromatic heterocycles. The number of halogens is 1. The molecule has 1 rings (SSSR count). The summed E-state index contributed by atoms with van der Waals surface area (Å²) in [6.07, 6.45) is 0. The molecule has 0 aliphatic carbocycles. The minimum atomic E-state index is -0.614. The van der Waals surface area contributed by atoms with E-state index in [0.717, 1.165) is 0 Å². The maximum absolute atomic E-state index is 11.7. The predicted molar refractivity (Wildman–Crippen MR) is 74.0 cm³/mol. The lowest BCUT2D eigenvalue weighted by molar-refractivity contribution is -0.117. The van der Waals surface area contributed by atoms with Crippen LogP contribution in [-0.2, 0) is 4.79 Å². The fourth-order valence-electron chi connectivity index (χ4n) is 1.29. The highest BCUT2D eigenvalue weighted by Crippen LogP contribution is 2.14. The van der Waals surface area contributed by atoms with Crippen molar-refractivity contribution in [2.75, 3.05) is 11.9 Å². The van der Waals surface area contributed by atoms with Gasteiger partial charge in [0, 0.05) is 6.54 Å². The topological polar surface area (TPSA) is 84.2 Å². The molecule has 0 spiro atoms. The third-order valence-electron chi connectivity index (χ3n) is 2.18. The van der Waals surface area contributed by atoms with Crippen molar-refractivity contribution in [3.63, 3.8) is 0 Å². The third kappa shape index (κ3) is 4.35. The van der Waals surface area contributed by atoms with E-state index in [2.05, 4.69) is 10.6 Å². The highest BCUT2D eigenvalue weighted by Gasteiger charge is 2.13. The van der Waals surface area contributed by atoms with Gasteiger partial charge in [0.1, 0.15) is 0 Å². The van der Waals surface area contributed by atoms with Crippen LogP contribution in [0.1, 0.15) is 24.2 Å². The van der Waals surface area contributed by atoms with Crippen LogP contribution in [0.5, 0.6) is 0 Å². The Hall–Kier alpha value is -1.59. The molecule has 100 valence electrons. The van der Waals surface area contributed by atoms with Gasteiger partial charge in [-0.1, -0.05) is 12.1 Å². The first-order valence-corrected chi connectivity index (χ1v) is 5.50. The Bertz CT molecular complexity index is 422. The van der Waals surface area contributed by atoms with Gasteiger partial charge in [-0.15, -0.1) is 12.4 Å². The molecule has 0 saturated carbocycles. The van der Waals surface area contributed by atoms with Crippen LogP contribution in [0, 0.1) is 0 Å². The quantitative estimate of drug-likeness (QED) is 0.768. The largest absolute Gasteiger partial charge is 0.352 e. The Morgan fingerprint density at radius 3 is 2.50 bits per heavy atom. The van der Waals surface area contributed by atoms with Gasteiger partial charge >= 0.3 is 0 Å². The number of amides is 2. The Kier molecular flexibility index (Phi) is 7.00. The molecule has 0 fully saturated rings. The van der Waals surface area contributed by atoms with E-state index in [4.69, 9.17) is 5.73 Å². The van der Waals surface area contributed by atoms with Crippen LogP contribution in [0.15, 0.2) is 24.3 Å². The van der Waals surface area contributed by atoms with Crippen LogP contribution in [0.4, 0.5) is 5.69 Å². The van der Waals surface area contributed by atoms with Crippen LogP contribution < -0.4 is 16.4 Å². The Labute approximate surface area is 113 Å². The highest BCUT2D eigenvalue weighted by atomic mass is 35.5. The second-order valence-electron chi connectivity index (χ2n) is 3.68. The van der Waals surface area contributed by atoms with Crippen molar-refractivity contribution in [1.29, 1.82) is 0 Å². The molecule has 4 N–H and O–H groups in total. The van der Waals surface area contributed by atoms with Crippen molar-refractivity contribution in [2.45, 2.75) is 19.9 Å². The van der Waals surface area contributed by atoms with E-state index in [-0.39, 0.29) is 24.2 Å². The molecule has 0 aliphatic heterocycles. The first-order chi connectivity index (χ1) is 8.06. The number of carbonyl (C=O) groups excluding carboxylic acids is 2. The van der Waals surface area contributed by atoms with E-state index >= 15 is 0 Å². The van der Waals surface area contributed by atoms with E-state index in [1.807, 2.05) is 6.92 Å². The molecule has 5 nitrogen and oxygen atoms in total. The Morgan fingerprint density at radius 2 is 1.94 bits per heavy atom. The second kappa shape index (κ2) is 7.68. The Balaban J connectivity index is 0.00000289. The van der Waals surface area contributed by atoms with Crippen molar-refractivity contribution >= 4 is 29.9 Å². The van der Waals surface area contributed by atoms with Crippen molar-refractivity contribution in [3.8, 4) is 0 Å². The molecule has 0 aliphatic rings. The number of nitrogens with one attached hydrogen (secondary N) is 2. The number of para-hydroxylation sites is 1. The summed E-state index contributed by atoms with van der Waals surface area (Å²) in [6.45, 7) is 3.96. The molecule has 6 heteroatoms. The van der Waals surface area contributed by atoms with Crippen molar-refractivity contribution < 1.29 is 9.59 Å². The molecule has 0 radical (unpaired) electrons. The standard InChI is InChI=1S/C12H17N3O2.ClH/c1-3-14-12(17)9-6-4-5-7-10(9)15-11(16)8(2)13;/h4-8H,3,13H2,1-2H3,(H,14,17)(H,15,16);1H/t8-;/m0./s1. The first-order valence-electron chi connectivity index (χ1n) is 5.50. The molecular formula is C12H18ClN3O2. The van der Waals surface area contributed by atoms with Crippen LogP contribution in [-0.4, -0.2) is 24.4 Å². The van der Waals surface area contributed by atoms with Crippen LogP contribution in [0.2, 0.25) is 0 Å². The van der Waals surface area contributed by atoms with Crippen molar-refractivity contribution in [2.24, 2.45) is 5.73 Å². The number of benzene rings is 1. The molecular weight excluding hydrogens is 254 g/mol. The number of anilines is 1. The summed E-state index contributed by atoms with van der Waals surface area (Å²) in [4.78, 5) is 23.2. The average molecular weight is 272 g/mol. The number of nitrogens with two attached hydrogens (primary N) is 1. The lowest BCUT2D eigenvalue weighted by Gasteiger charge is -2.12. The van der Waals surface area contributed by atoms with Gasteiger partial charge in [0.2, 0.25) is 5.91 Å². The molecule has 0 saturated heterocycles. The van der Waals surface area contributed by atoms with E-state index in [0.29, 0.717) is 17.8 Å². The second-order valence-corrected chi connectivity index (χ2v) is 3.68. The zero-order valence-electron chi connectivity index (χ0n) is 10.4. The summed E-state index contributed by atoms with van der Waals surface area (Å²) in [7, 11) is 0. The molecule has 18 heavy (non-hydrogen) atoms. The molecule has 1 aromatic rings. The monoisotopic (exact) mass is 271 g/mol. The van der Waals surface area contributed by atoms with Crippen molar-refractivity contribution in [1.82, 2.24) is 5.32 Å². The van der Waals surface area contributed by atoms with Gasteiger partial charge in [0.25, 0.3) is 5.91 Å². The summed E-state index contributed by atoms with van der Waals surface area (Å²) in [6, 6.07) is 6.20. The maximum Gasteiger partial charge on any atom is 0.253 e. The van der Waals surface area contributed by atoms with Gasteiger partial charge in [0.05, 0.1) is 17.3 Å². The number of hydrogen-bond acceptors (Lipinski definition) is 3. The zero-order valence-corrected chi connectivity index (χ0v) is 11.2. The molecule has 1 atom stereocenters. The summed E-state index contributed by atoms with van der Waals surface area (Å²) < 4.78 is 0. The van der Waals surface area contributed by atoms with Crippen LogP contribution >= 0.6 is 12.4 Å². The first kappa shape index (κ1) is 16.4. The summed E-state index contributed by atoms with van der Waals surface area (Å²) in [5.41, 5.74) is 6.36. The van der Waals surface area contributed by atoms with Gasteiger partial charge < -0.3 is 16.4 Å². The fraction of sp³-hybridized carbons (Fsp3) is 0.333. The minimum Gasteiger partial charge on any atom is -0.352 e. The van der Waals surface area contributed by atoms with Gasteiger partial charge in [-0.2, -0.15) is 0 Å². The number of rotatable bonds is 4. The highest BCUT2D eigenvalue weighted by molar-refractivity contribution is 6.04. The third-order valence-corrected chi connectivity index (χ3v) is 2.18. The number of carbonyl (C=O) groups is 2. The molecule has 0 unspecified atom stereocenters. The Morgan fingerprint density at radius 1 is 1.33 bits per heavy atom. The van der Waals surface area contributed by atoms with E-state index in [1.165, 1.54) is 0 Å². The minimum absolute atomic E-state index is 0. The van der Waals surface area contributed by atoms with E-state index in [9.17, 15) is 9.59 Å². The fourth-order valence-corrected chi connectivity index (χ4v) is 1.29. The summed E-state index contributed by atoms with van der Waals surface area (Å²) >= 11 is 0. The molecule has 1 aromatic carbocycles. The maximum atomic E-state index is 11.7. The predicted octanol–water partition coefficient (Wildman–Crippen LogP) is 1.14. The normalized spacial score (nSPS) is 11.1. The van der Waals surface area contributed by atoms with Crippen LogP contribution in [0.25, 0.3) is 0 Å². The SMILES string of the molecule is CCNC(=O)c1ccccc1NC(=O)[C@H](C)N.Cl. The van der Waals surface area contributed by atoms with Gasteiger partial charge in [-0.25, -0.2) is 0 Å². The molecule has 0 bridgehead atoms. The van der Waals surface area contributed by atoms with Crippen LogP contribution in [0.3, 0.4) is 0 Å². The molecule has 0 heterocycles. The van der Waals surface area contributed by atoms with Gasteiger partial charge in [-0.3, -0.25) is 9.59 Å². The van der Waals surface area contributed by atoms with Gasteiger partial charge in [-0.05, 0) is 26.0 Å². The smallest absolute Gasteiger partial charge is 0.253 e. The average Bonchev–Trinajstić information content (AvgIpc) is 2.29. The van der Waals surface area contributed by atoms with E-state index in [1.54, 1.807) is 31.2 Å². The lowest BCUT2D eigenvalue weighted by Crippen LogP contribution is -2.33. The van der Waals surface area contributed by atoms with Crippen molar-refractivity contribution in [3.05, 3.63) is 29.8 Å². The van der Waals surface area contributed by atoms with Gasteiger partial charge in [0.15, 0.2) is 0 Å². The van der Waals surface area contributed by atoms with E-state index < -0.39 is 6.04 Å². The summed E-state index contributed by atoms with van der Waals surface area (Å²) in [5.74, 6) is -0.533. The number of hydrogen-bond donors (Lipinski definition) is 3. The summed E-state index contributed by atoms with van der Waals surface area (Å²) in [5, 5.41) is 5.31. The zero-order chi connectivity index (χ0) is 12.8.